The van der Waals surface area contributed by atoms with Gasteiger partial charge in [0.25, 0.3) is 0 Å². The highest BCUT2D eigenvalue weighted by molar-refractivity contribution is 5.74. The van der Waals surface area contributed by atoms with E-state index in [0.717, 1.165) is 66.8 Å². The maximum Gasteiger partial charge on any atom is 0.123 e. The third-order valence-electron chi connectivity index (χ3n) is 7.54. The van der Waals surface area contributed by atoms with Gasteiger partial charge in [-0.05, 0) is 92.4 Å². The molecule has 3 aromatic rings. The highest BCUT2D eigenvalue weighted by Crippen LogP contribution is 2.45. The van der Waals surface area contributed by atoms with Crippen molar-refractivity contribution < 1.29 is 9.50 Å². The van der Waals surface area contributed by atoms with Crippen LogP contribution in [0.1, 0.15) is 75.7 Å². The molecule has 1 aliphatic carbocycles. The molecule has 1 aromatic heterocycles. The zero-order valence-corrected chi connectivity index (χ0v) is 20.9. The zero-order chi connectivity index (χ0) is 24.1. The van der Waals surface area contributed by atoms with Gasteiger partial charge in [0.1, 0.15) is 11.6 Å². The van der Waals surface area contributed by atoms with E-state index in [1.165, 1.54) is 18.9 Å². The number of benzene rings is 2. The summed E-state index contributed by atoms with van der Waals surface area (Å²) >= 11 is 0. The molecule has 3 atom stereocenters. The summed E-state index contributed by atoms with van der Waals surface area (Å²) in [6.07, 6.45) is 6.67. The molecule has 184 valence electrons. The number of aromatic amines is 1. The standard InChI is InChI=1S/C29H40FN3O/c1-20(2)28-24-13-12-23(30)18-22(24)14-15-29(28,34)16-17-31-19-21(3)8-4-7-11-27-32-25-9-5-6-10-26(25)33-27/h5-6,9-10,12-13,18,20-21,28,31,34H,4,7-8,11,14-17,19H2,1-3H3,(H,32,33)/t21-,28-,29-/m0/s1. The summed E-state index contributed by atoms with van der Waals surface area (Å²) in [4.78, 5) is 8.08. The number of aryl methyl sites for hydroxylation is 2. The Morgan fingerprint density at radius 3 is 2.79 bits per heavy atom. The Morgan fingerprint density at radius 2 is 2.00 bits per heavy atom. The van der Waals surface area contributed by atoms with Gasteiger partial charge in [0.15, 0.2) is 0 Å². The van der Waals surface area contributed by atoms with Crippen LogP contribution in [0.25, 0.3) is 11.0 Å². The molecule has 0 saturated carbocycles. The zero-order valence-electron chi connectivity index (χ0n) is 20.9. The molecule has 1 heterocycles. The summed E-state index contributed by atoms with van der Waals surface area (Å²) in [7, 11) is 0. The molecule has 0 saturated heterocycles. The molecule has 1 aliphatic rings. The number of para-hydroxylation sites is 2. The molecule has 0 bridgehead atoms. The van der Waals surface area contributed by atoms with Crippen molar-refractivity contribution in [3.8, 4) is 0 Å². The van der Waals surface area contributed by atoms with Crippen LogP contribution in [-0.2, 0) is 12.8 Å². The summed E-state index contributed by atoms with van der Waals surface area (Å²) < 4.78 is 13.7. The Balaban J connectivity index is 1.18. The number of halogens is 1. The lowest BCUT2D eigenvalue weighted by atomic mass is 9.66. The molecular formula is C29H40FN3O. The van der Waals surface area contributed by atoms with Gasteiger partial charge >= 0.3 is 0 Å². The van der Waals surface area contributed by atoms with Gasteiger partial charge in [-0.1, -0.05) is 45.4 Å². The van der Waals surface area contributed by atoms with Gasteiger partial charge in [-0.3, -0.25) is 0 Å². The highest BCUT2D eigenvalue weighted by atomic mass is 19.1. The number of hydrogen-bond donors (Lipinski definition) is 3. The number of nitrogens with one attached hydrogen (secondary N) is 2. The molecule has 5 heteroatoms. The number of aliphatic hydroxyl groups is 1. The lowest BCUT2D eigenvalue weighted by Gasteiger charge is -2.44. The van der Waals surface area contributed by atoms with Crippen molar-refractivity contribution in [3.05, 3.63) is 65.2 Å². The molecule has 4 nitrogen and oxygen atoms in total. The van der Waals surface area contributed by atoms with E-state index in [1.54, 1.807) is 6.07 Å². The predicted molar refractivity (Wildman–Crippen MR) is 138 cm³/mol. The van der Waals surface area contributed by atoms with Gasteiger partial charge in [-0.15, -0.1) is 0 Å². The first-order chi connectivity index (χ1) is 16.4. The fourth-order valence-electron chi connectivity index (χ4n) is 5.82. The molecule has 0 unspecified atom stereocenters. The predicted octanol–water partition coefficient (Wildman–Crippen LogP) is 6.15. The van der Waals surface area contributed by atoms with Gasteiger partial charge in [0, 0.05) is 12.3 Å². The Bertz CT molecular complexity index is 1050. The van der Waals surface area contributed by atoms with Crippen LogP contribution in [0.3, 0.4) is 0 Å². The van der Waals surface area contributed by atoms with Gasteiger partial charge < -0.3 is 15.4 Å². The van der Waals surface area contributed by atoms with E-state index in [4.69, 9.17) is 0 Å². The summed E-state index contributed by atoms with van der Waals surface area (Å²) in [5, 5.41) is 15.2. The van der Waals surface area contributed by atoms with Crippen molar-refractivity contribution in [2.75, 3.05) is 13.1 Å². The molecule has 4 rings (SSSR count). The van der Waals surface area contributed by atoms with E-state index < -0.39 is 5.60 Å². The maximum atomic E-state index is 13.7. The number of imidazole rings is 1. The summed E-state index contributed by atoms with van der Waals surface area (Å²) in [5.41, 5.74) is 3.62. The average molecular weight is 466 g/mol. The lowest BCUT2D eigenvalue weighted by molar-refractivity contribution is -0.0242. The normalized spacial score (nSPS) is 21.2. The first-order valence-electron chi connectivity index (χ1n) is 13.0. The summed E-state index contributed by atoms with van der Waals surface area (Å²) in [5.74, 6) is 1.85. The Morgan fingerprint density at radius 1 is 1.18 bits per heavy atom. The van der Waals surface area contributed by atoms with Crippen LogP contribution in [0.2, 0.25) is 0 Å². The number of aromatic nitrogens is 2. The van der Waals surface area contributed by atoms with Crippen LogP contribution < -0.4 is 5.32 Å². The van der Waals surface area contributed by atoms with Crippen molar-refractivity contribution in [3.63, 3.8) is 0 Å². The van der Waals surface area contributed by atoms with Gasteiger partial charge in [-0.25, -0.2) is 9.37 Å². The molecule has 0 amide bonds. The van der Waals surface area contributed by atoms with E-state index in [9.17, 15) is 9.50 Å². The fraction of sp³-hybridized carbons (Fsp3) is 0.552. The van der Waals surface area contributed by atoms with Crippen LogP contribution in [-0.4, -0.2) is 33.8 Å². The third-order valence-corrected chi connectivity index (χ3v) is 7.54. The van der Waals surface area contributed by atoms with E-state index in [-0.39, 0.29) is 11.7 Å². The van der Waals surface area contributed by atoms with Crippen molar-refractivity contribution >= 4 is 11.0 Å². The largest absolute Gasteiger partial charge is 0.389 e. The molecule has 2 aromatic carbocycles. The number of fused-ring (bicyclic) bond motifs is 2. The van der Waals surface area contributed by atoms with Crippen molar-refractivity contribution in [2.45, 2.75) is 77.2 Å². The van der Waals surface area contributed by atoms with Crippen LogP contribution in [0.4, 0.5) is 4.39 Å². The fourth-order valence-corrected chi connectivity index (χ4v) is 5.82. The Kier molecular flexibility index (Phi) is 8.05. The third kappa shape index (κ3) is 5.87. The van der Waals surface area contributed by atoms with Crippen molar-refractivity contribution in [1.29, 1.82) is 0 Å². The van der Waals surface area contributed by atoms with Crippen LogP contribution in [0.15, 0.2) is 42.5 Å². The summed E-state index contributed by atoms with van der Waals surface area (Å²) in [6.45, 7) is 8.39. The number of hydrogen-bond acceptors (Lipinski definition) is 3. The molecule has 34 heavy (non-hydrogen) atoms. The van der Waals surface area contributed by atoms with Crippen molar-refractivity contribution in [1.82, 2.24) is 15.3 Å². The second kappa shape index (κ2) is 11.0. The lowest BCUT2D eigenvalue weighted by Crippen LogP contribution is -2.45. The smallest absolute Gasteiger partial charge is 0.123 e. The molecule has 0 aliphatic heterocycles. The van der Waals surface area contributed by atoms with E-state index >= 15 is 0 Å². The molecular weight excluding hydrogens is 425 g/mol. The number of nitrogens with zero attached hydrogens (tertiary/aromatic N) is 1. The van der Waals surface area contributed by atoms with E-state index in [2.05, 4.69) is 48.2 Å². The van der Waals surface area contributed by atoms with Gasteiger partial charge in [-0.2, -0.15) is 0 Å². The van der Waals surface area contributed by atoms with E-state index in [1.807, 2.05) is 18.2 Å². The van der Waals surface area contributed by atoms with Gasteiger partial charge in [0.2, 0.25) is 0 Å². The minimum Gasteiger partial charge on any atom is -0.389 e. The van der Waals surface area contributed by atoms with Crippen LogP contribution in [0, 0.1) is 17.7 Å². The molecule has 0 fully saturated rings. The topological polar surface area (TPSA) is 60.9 Å². The van der Waals surface area contributed by atoms with Crippen LogP contribution >= 0.6 is 0 Å². The van der Waals surface area contributed by atoms with Crippen molar-refractivity contribution in [2.24, 2.45) is 11.8 Å². The highest BCUT2D eigenvalue weighted by Gasteiger charge is 2.42. The number of rotatable bonds is 11. The first kappa shape index (κ1) is 24.9. The molecule has 0 spiro atoms. The monoisotopic (exact) mass is 465 g/mol. The SMILES string of the molecule is CC(C)[C@H]1c2ccc(F)cc2CC[C@]1(O)CCNC[C@@H](C)CCCCc1nc2ccccc2[nH]1. The summed E-state index contributed by atoms with van der Waals surface area (Å²) in [6, 6.07) is 13.3. The minimum absolute atomic E-state index is 0.0503. The minimum atomic E-state index is -0.734. The quantitative estimate of drug-likeness (QED) is 0.298. The first-order valence-corrected chi connectivity index (χ1v) is 13.0. The van der Waals surface area contributed by atoms with Crippen LogP contribution in [0.5, 0.6) is 0 Å². The average Bonchev–Trinajstić information content (AvgIpc) is 3.22. The number of unbranched alkanes of at least 4 members (excludes halogenated alkanes) is 1. The van der Waals surface area contributed by atoms with E-state index in [0.29, 0.717) is 18.3 Å². The maximum absolute atomic E-state index is 13.7. The van der Waals surface area contributed by atoms with Gasteiger partial charge in [0.05, 0.1) is 16.6 Å². The molecule has 3 N–H and O–H groups in total. The Hall–Kier alpha value is -2.24. The number of H-pyrrole nitrogens is 1. The second-order valence-electron chi connectivity index (χ2n) is 10.7. The Labute approximate surface area is 203 Å². The molecule has 0 radical (unpaired) electrons. The second-order valence-corrected chi connectivity index (χ2v) is 10.7.